The summed E-state index contributed by atoms with van der Waals surface area (Å²) < 4.78 is 33.6. The number of para-hydroxylation sites is 1. The monoisotopic (exact) mass is 456 g/mol. The first-order valence-electron chi connectivity index (χ1n) is 11.5. The predicted molar refractivity (Wildman–Crippen MR) is 124 cm³/mol. The zero-order chi connectivity index (χ0) is 22.8. The van der Waals surface area contributed by atoms with Gasteiger partial charge in [0.25, 0.3) is 0 Å². The number of benzene rings is 2. The number of nitrogens with zero attached hydrogens (tertiary/aromatic N) is 1. The van der Waals surface area contributed by atoms with Crippen molar-refractivity contribution in [2.24, 2.45) is 5.92 Å². The Morgan fingerprint density at radius 3 is 2.31 bits per heavy atom. The molecular formula is C25H32N2O4S. The molecular weight excluding hydrogens is 424 g/mol. The number of sulfonamides is 1. The van der Waals surface area contributed by atoms with E-state index in [9.17, 15) is 13.2 Å². The van der Waals surface area contributed by atoms with Crippen LogP contribution in [0.25, 0.3) is 0 Å². The lowest BCUT2D eigenvalue weighted by atomic mass is 9.83. The van der Waals surface area contributed by atoms with E-state index in [0.29, 0.717) is 30.8 Å². The SMILES string of the molecule is CCC1(CC)C[C@H](NC(=O)C2CCN(S(=O)(=O)c3ccccc3)CC2)c2ccccc2O1. The zero-order valence-corrected chi connectivity index (χ0v) is 19.6. The van der Waals surface area contributed by atoms with Gasteiger partial charge in [0.1, 0.15) is 11.4 Å². The molecule has 2 aliphatic rings. The van der Waals surface area contributed by atoms with Crippen LogP contribution in [-0.2, 0) is 14.8 Å². The van der Waals surface area contributed by atoms with Gasteiger partial charge in [-0.3, -0.25) is 4.79 Å². The summed E-state index contributed by atoms with van der Waals surface area (Å²) in [5.41, 5.74) is 0.738. The normalized spacial score (nSPS) is 21.4. The predicted octanol–water partition coefficient (Wildman–Crippen LogP) is 4.29. The summed E-state index contributed by atoms with van der Waals surface area (Å²) in [4.78, 5) is 13.5. The third-order valence-electron chi connectivity index (χ3n) is 7.01. The number of hydrogen-bond donors (Lipinski definition) is 1. The van der Waals surface area contributed by atoms with E-state index in [0.717, 1.165) is 30.6 Å². The zero-order valence-electron chi connectivity index (χ0n) is 18.8. The highest BCUT2D eigenvalue weighted by Crippen LogP contribution is 2.42. The van der Waals surface area contributed by atoms with Crippen LogP contribution in [0.2, 0.25) is 0 Å². The molecule has 7 heteroatoms. The third kappa shape index (κ3) is 4.41. The van der Waals surface area contributed by atoms with Crippen molar-refractivity contribution in [3.8, 4) is 5.75 Å². The fourth-order valence-electron chi connectivity index (χ4n) is 4.82. The summed E-state index contributed by atoms with van der Waals surface area (Å²) in [5.74, 6) is 0.658. The first-order valence-corrected chi connectivity index (χ1v) is 13.0. The minimum Gasteiger partial charge on any atom is -0.487 e. The van der Waals surface area contributed by atoms with Crippen LogP contribution in [0.4, 0.5) is 0 Å². The van der Waals surface area contributed by atoms with Gasteiger partial charge in [-0.25, -0.2) is 8.42 Å². The van der Waals surface area contributed by atoms with Gasteiger partial charge in [-0.05, 0) is 43.9 Å². The maximum Gasteiger partial charge on any atom is 0.243 e. The summed E-state index contributed by atoms with van der Waals surface area (Å²) in [7, 11) is -3.52. The maximum absolute atomic E-state index is 13.2. The second-order valence-corrected chi connectivity index (χ2v) is 10.7. The van der Waals surface area contributed by atoms with Crippen LogP contribution in [0.1, 0.15) is 57.6 Å². The van der Waals surface area contributed by atoms with E-state index in [1.807, 2.05) is 24.3 Å². The average molecular weight is 457 g/mol. The van der Waals surface area contributed by atoms with Crippen LogP contribution in [0.15, 0.2) is 59.5 Å². The van der Waals surface area contributed by atoms with Gasteiger partial charge < -0.3 is 10.1 Å². The number of fused-ring (bicyclic) bond motifs is 1. The molecule has 1 fully saturated rings. The summed E-state index contributed by atoms with van der Waals surface area (Å²) in [6, 6.07) is 16.3. The number of carbonyl (C=O) groups excluding carboxylic acids is 1. The molecule has 1 atom stereocenters. The Kier molecular flexibility index (Phi) is 6.58. The number of carbonyl (C=O) groups is 1. The molecule has 2 aromatic rings. The van der Waals surface area contributed by atoms with Crippen molar-refractivity contribution in [3.63, 3.8) is 0 Å². The van der Waals surface area contributed by atoms with Gasteiger partial charge >= 0.3 is 0 Å². The van der Waals surface area contributed by atoms with Gasteiger partial charge in [0.15, 0.2) is 0 Å². The molecule has 0 saturated carbocycles. The van der Waals surface area contributed by atoms with Crippen LogP contribution in [-0.4, -0.2) is 37.3 Å². The summed E-state index contributed by atoms with van der Waals surface area (Å²) >= 11 is 0. The molecule has 1 saturated heterocycles. The van der Waals surface area contributed by atoms with Gasteiger partial charge in [-0.1, -0.05) is 50.2 Å². The molecule has 0 unspecified atom stereocenters. The van der Waals surface area contributed by atoms with Gasteiger partial charge in [-0.2, -0.15) is 4.31 Å². The van der Waals surface area contributed by atoms with Crippen molar-refractivity contribution in [2.75, 3.05) is 13.1 Å². The average Bonchev–Trinajstić information content (AvgIpc) is 2.84. The summed E-state index contributed by atoms with van der Waals surface area (Å²) in [6.45, 7) is 4.96. The summed E-state index contributed by atoms with van der Waals surface area (Å²) in [6.07, 6.45) is 3.54. The molecule has 1 N–H and O–H groups in total. The van der Waals surface area contributed by atoms with E-state index in [1.165, 1.54) is 4.31 Å². The molecule has 4 rings (SSSR count). The lowest BCUT2D eigenvalue weighted by Crippen LogP contribution is -2.47. The molecule has 2 heterocycles. The lowest BCUT2D eigenvalue weighted by molar-refractivity contribution is -0.127. The van der Waals surface area contributed by atoms with Gasteiger partial charge in [-0.15, -0.1) is 0 Å². The number of piperidine rings is 1. The molecule has 6 nitrogen and oxygen atoms in total. The topological polar surface area (TPSA) is 75.7 Å². The Bertz CT molecular complexity index is 1040. The second kappa shape index (κ2) is 9.24. The Hall–Kier alpha value is -2.38. The number of amides is 1. The smallest absolute Gasteiger partial charge is 0.243 e. The highest BCUT2D eigenvalue weighted by Gasteiger charge is 2.40. The van der Waals surface area contributed by atoms with Gasteiger partial charge in [0.2, 0.25) is 15.9 Å². The van der Waals surface area contributed by atoms with Gasteiger partial charge in [0, 0.05) is 31.0 Å². The van der Waals surface area contributed by atoms with Crippen LogP contribution < -0.4 is 10.1 Å². The Morgan fingerprint density at radius 2 is 1.66 bits per heavy atom. The van der Waals surface area contributed by atoms with Crippen molar-refractivity contribution in [1.29, 1.82) is 0 Å². The molecule has 0 bridgehead atoms. The second-order valence-electron chi connectivity index (χ2n) is 8.79. The standard InChI is InChI=1S/C25H32N2O4S/c1-3-25(4-2)18-22(21-12-8-9-13-23(21)31-25)26-24(28)19-14-16-27(17-15-19)32(29,30)20-10-6-5-7-11-20/h5-13,19,22H,3-4,14-18H2,1-2H3,(H,26,28)/t22-/m0/s1. The Morgan fingerprint density at radius 1 is 1.03 bits per heavy atom. The van der Waals surface area contributed by atoms with E-state index < -0.39 is 10.0 Å². The number of rotatable bonds is 6. The highest BCUT2D eigenvalue weighted by molar-refractivity contribution is 7.89. The van der Waals surface area contributed by atoms with Crippen LogP contribution in [0, 0.1) is 5.92 Å². The van der Waals surface area contributed by atoms with E-state index >= 15 is 0 Å². The summed E-state index contributed by atoms with van der Waals surface area (Å²) in [5, 5.41) is 3.27. The molecule has 172 valence electrons. The molecule has 2 aliphatic heterocycles. The van der Waals surface area contributed by atoms with Crippen molar-refractivity contribution in [1.82, 2.24) is 9.62 Å². The van der Waals surface area contributed by atoms with Crippen LogP contribution in [0.3, 0.4) is 0 Å². The fraction of sp³-hybridized carbons (Fsp3) is 0.480. The molecule has 0 aromatic heterocycles. The minimum atomic E-state index is -3.52. The lowest BCUT2D eigenvalue weighted by Gasteiger charge is -2.42. The molecule has 0 aliphatic carbocycles. The van der Waals surface area contributed by atoms with E-state index in [-0.39, 0.29) is 23.5 Å². The molecule has 0 radical (unpaired) electrons. The molecule has 1 amide bonds. The minimum absolute atomic E-state index is 0.00423. The number of ether oxygens (including phenoxy) is 1. The number of hydrogen-bond acceptors (Lipinski definition) is 4. The van der Waals surface area contributed by atoms with Crippen molar-refractivity contribution in [3.05, 3.63) is 60.2 Å². The maximum atomic E-state index is 13.2. The first-order chi connectivity index (χ1) is 15.4. The quantitative estimate of drug-likeness (QED) is 0.704. The van der Waals surface area contributed by atoms with Gasteiger partial charge in [0.05, 0.1) is 10.9 Å². The van der Waals surface area contributed by atoms with Crippen molar-refractivity contribution < 1.29 is 17.9 Å². The van der Waals surface area contributed by atoms with Crippen LogP contribution >= 0.6 is 0 Å². The highest BCUT2D eigenvalue weighted by atomic mass is 32.2. The Labute approximate surface area is 191 Å². The molecule has 0 spiro atoms. The molecule has 2 aromatic carbocycles. The van der Waals surface area contributed by atoms with Crippen LogP contribution in [0.5, 0.6) is 5.75 Å². The van der Waals surface area contributed by atoms with E-state index in [1.54, 1.807) is 30.3 Å². The van der Waals surface area contributed by atoms with Crippen molar-refractivity contribution in [2.45, 2.75) is 62.5 Å². The van der Waals surface area contributed by atoms with E-state index in [2.05, 4.69) is 19.2 Å². The Balaban J connectivity index is 1.43. The molecule has 32 heavy (non-hydrogen) atoms. The largest absolute Gasteiger partial charge is 0.487 e. The number of nitrogens with one attached hydrogen (secondary N) is 1. The fourth-order valence-corrected chi connectivity index (χ4v) is 6.31. The third-order valence-corrected chi connectivity index (χ3v) is 8.92. The van der Waals surface area contributed by atoms with Crippen molar-refractivity contribution >= 4 is 15.9 Å². The van der Waals surface area contributed by atoms with E-state index in [4.69, 9.17) is 4.74 Å². The first kappa shape index (κ1) is 22.8.